The molecule has 5 nitrogen and oxygen atoms in total. The molecule has 1 aliphatic rings. The Bertz CT molecular complexity index is 348. The molecule has 0 spiro atoms. The summed E-state index contributed by atoms with van der Waals surface area (Å²) in [5.74, 6) is 1.82. The van der Waals surface area contributed by atoms with Gasteiger partial charge >= 0.3 is 0 Å². The lowest BCUT2D eigenvalue weighted by Gasteiger charge is -2.24. The van der Waals surface area contributed by atoms with Crippen molar-refractivity contribution in [2.24, 2.45) is 0 Å². The molecule has 5 heteroatoms. The third-order valence-corrected chi connectivity index (χ3v) is 2.98. The van der Waals surface area contributed by atoms with Crippen molar-refractivity contribution in [1.82, 2.24) is 15.3 Å². The molecule has 1 unspecified atom stereocenters. The SMILES string of the molecule is CCN(CC)c1ccnc(C2COCCN2)n1. The van der Waals surface area contributed by atoms with E-state index in [1.807, 2.05) is 12.3 Å². The summed E-state index contributed by atoms with van der Waals surface area (Å²) in [4.78, 5) is 11.2. The van der Waals surface area contributed by atoms with Gasteiger partial charge in [-0.3, -0.25) is 0 Å². The minimum atomic E-state index is 0.124. The van der Waals surface area contributed by atoms with Crippen molar-refractivity contribution in [2.45, 2.75) is 19.9 Å². The van der Waals surface area contributed by atoms with E-state index in [9.17, 15) is 0 Å². The Kier molecular flexibility index (Phi) is 4.28. The van der Waals surface area contributed by atoms with Crippen molar-refractivity contribution in [1.29, 1.82) is 0 Å². The first kappa shape index (κ1) is 12.3. The molecule has 0 saturated carbocycles. The molecule has 2 rings (SSSR count). The highest BCUT2D eigenvalue weighted by atomic mass is 16.5. The van der Waals surface area contributed by atoms with Crippen molar-refractivity contribution in [3.63, 3.8) is 0 Å². The summed E-state index contributed by atoms with van der Waals surface area (Å²) in [5, 5.41) is 3.37. The van der Waals surface area contributed by atoms with Crippen LogP contribution >= 0.6 is 0 Å². The smallest absolute Gasteiger partial charge is 0.149 e. The van der Waals surface area contributed by atoms with Crippen LogP contribution in [-0.4, -0.2) is 42.8 Å². The zero-order valence-corrected chi connectivity index (χ0v) is 10.5. The summed E-state index contributed by atoms with van der Waals surface area (Å²) in [6.45, 7) is 8.47. The quantitative estimate of drug-likeness (QED) is 0.844. The van der Waals surface area contributed by atoms with E-state index in [0.29, 0.717) is 6.61 Å². The second-order valence-electron chi connectivity index (χ2n) is 4.03. The lowest BCUT2D eigenvalue weighted by atomic mass is 10.2. The van der Waals surface area contributed by atoms with Crippen LogP contribution in [0.25, 0.3) is 0 Å². The van der Waals surface area contributed by atoms with Gasteiger partial charge in [0.25, 0.3) is 0 Å². The van der Waals surface area contributed by atoms with Crippen LogP contribution in [0.2, 0.25) is 0 Å². The van der Waals surface area contributed by atoms with Crippen LogP contribution in [0.15, 0.2) is 12.3 Å². The molecule has 1 fully saturated rings. The van der Waals surface area contributed by atoms with Gasteiger partial charge in [0.05, 0.1) is 19.3 Å². The van der Waals surface area contributed by atoms with Crippen molar-refractivity contribution in [3.05, 3.63) is 18.1 Å². The van der Waals surface area contributed by atoms with Crippen molar-refractivity contribution in [3.8, 4) is 0 Å². The second kappa shape index (κ2) is 5.93. The Hall–Kier alpha value is -1.20. The summed E-state index contributed by atoms with van der Waals surface area (Å²) in [6.07, 6.45) is 1.83. The van der Waals surface area contributed by atoms with Gasteiger partial charge in [-0.05, 0) is 19.9 Å². The van der Waals surface area contributed by atoms with Crippen molar-refractivity contribution in [2.75, 3.05) is 37.7 Å². The maximum absolute atomic E-state index is 5.43. The van der Waals surface area contributed by atoms with Gasteiger partial charge in [-0.1, -0.05) is 0 Å². The van der Waals surface area contributed by atoms with Crippen LogP contribution in [0.4, 0.5) is 5.82 Å². The Labute approximate surface area is 102 Å². The van der Waals surface area contributed by atoms with Gasteiger partial charge in [0, 0.05) is 25.8 Å². The van der Waals surface area contributed by atoms with E-state index in [1.165, 1.54) is 0 Å². The van der Waals surface area contributed by atoms with E-state index >= 15 is 0 Å². The van der Waals surface area contributed by atoms with Gasteiger partial charge in [-0.25, -0.2) is 9.97 Å². The van der Waals surface area contributed by atoms with Crippen LogP contribution in [0.5, 0.6) is 0 Å². The minimum Gasteiger partial charge on any atom is -0.378 e. The van der Waals surface area contributed by atoms with Gasteiger partial charge in [0.1, 0.15) is 11.6 Å². The first-order chi connectivity index (χ1) is 8.35. The molecule has 0 amide bonds. The lowest BCUT2D eigenvalue weighted by molar-refractivity contribution is 0.0742. The van der Waals surface area contributed by atoms with Gasteiger partial charge in [-0.15, -0.1) is 0 Å². The number of morpholine rings is 1. The number of rotatable bonds is 4. The van der Waals surface area contributed by atoms with Crippen LogP contribution in [0.3, 0.4) is 0 Å². The first-order valence-electron chi connectivity index (χ1n) is 6.24. The van der Waals surface area contributed by atoms with Gasteiger partial charge < -0.3 is 15.0 Å². The lowest BCUT2D eigenvalue weighted by Crippen LogP contribution is -2.36. The number of nitrogens with one attached hydrogen (secondary N) is 1. The Morgan fingerprint density at radius 1 is 1.47 bits per heavy atom. The fourth-order valence-corrected chi connectivity index (χ4v) is 1.99. The molecule has 1 saturated heterocycles. The molecule has 1 aliphatic heterocycles. The van der Waals surface area contributed by atoms with Crippen LogP contribution in [0.1, 0.15) is 25.7 Å². The largest absolute Gasteiger partial charge is 0.378 e. The molecule has 17 heavy (non-hydrogen) atoms. The van der Waals surface area contributed by atoms with Crippen LogP contribution < -0.4 is 10.2 Å². The monoisotopic (exact) mass is 236 g/mol. The average molecular weight is 236 g/mol. The summed E-state index contributed by atoms with van der Waals surface area (Å²) in [7, 11) is 0. The highest BCUT2D eigenvalue weighted by Gasteiger charge is 2.18. The fourth-order valence-electron chi connectivity index (χ4n) is 1.99. The van der Waals surface area contributed by atoms with Gasteiger partial charge in [0.2, 0.25) is 0 Å². The molecule has 1 atom stereocenters. The zero-order chi connectivity index (χ0) is 12.1. The van der Waals surface area contributed by atoms with E-state index in [2.05, 4.69) is 34.0 Å². The van der Waals surface area contributed by atoms with Gasteiger partial charge in [0.15, 0.2) is 0 Å². The molecule has 0 aromatic carbocycles. The van der Waals surface area contributed by atoms with E-state index in [0.717, 1.165) is 37.9 Å². The minimum absolute atomic E-state index is 0.124. The molecule has 2 heterocycles. The zero-order valence-electron chi connectivity index (χ0n) is 10.5. The van der Waals surface area contributed by atoms with Crippen molar-refractivity contribution >= 4 is 5.82 Å². The Balaban J connectivity index is 2.15. The molecule has 1 aromatic rings. The predicted molar refractivity (Wildman–Crippen MR) is 67.2 cm³/mol. The number of anilines is 1. The van der Waals surface area contributed by atoms with E-state index in [1.54, 1.807) is 0 Å². The Morgan fingerprint density at radius 2 is 2.29 bits per heavy atom. The Morgan fingerprint density at radius 3 is 2.94 bits per heavy atom. The normalized spacial score (nSPS) is 20.2. The highest BCUT2D eigenvalue weighted by molar-refractivity contribution is 5.37. The molecule has 0 aliphatic carbocycles. The summed E-state index contributed by atoms with van der Waals surface area (Å²) < 4.78 is 5.43. The second-order valence-corrected chi connectivity index (χ2v) is 4.03. The van der Waals surface area contributed by atoms with Crippen LogP contribution in [0, 0.1) is 0 Å². The average Bonchev–Trinajstić information content (AvgIpc) is 2.42. The predicted octanol–water partition coefficient (Wildman–Crippen LogP) is 0.984. The molecule has 94 valence electrons. The molecular formula is C12H20N4O. The molecule has 0 bridgehead atoms. The van der Waals surface area contributed by atoms with Crippen molar-refractivity contribution < 1.29 is 4.74 Å². The molecule has 1 N–H and O–H groups in total. The first-order valence-corrected chi connectivity index (χ1v) is 6.24. The summed E-state index contributed by atoms with van der Waals surface area (Å²) in [5.41, 5.74) is 0. The topological polar surface area (TPSA) is 50.3 Å². The third kappa shape index (κ3) is 2.92. The fraction of sp³-hybridized carbons (Fsp3) is 0.667. The third-order valence-electron chi connectivity index (χ3n) is 2.98. The van der Waals surface area contributed by atoms with Crippen LogP contribution in [-0.2, 0) is 4.74 Å². The van der Waals surface area contributed by atoms with E-state index in [4.69, 9.17) is 4.74 Å². The summed E-state index contributed by atoms with van der Waals surface area (Å²) >= 11 is 0. The molecule has 0 radical (unpaired) electrons. The molecular weight excluding hydrogens is 216 g/mol. The maximum Gasteiger partial charge on any atom is 0.149 e. The maximum atomic E-state index is 5.43. The van der Waals surface area contributed by atoms with Gasteiger partial charge in [-0.2, -0.15) is 0 Å². The van der Waals surface area contributed by atoms with E-state index < -0.39 is 0 Å². The number of hydrogen-bond donors (Lipinski definition) is 1. The number of ether oxygens (including phenoxy) is 1. The highest BCUT2D eigenvalue weighted by Crippen LogP contribution is 2.15. The molecule has 1 aromatic heterocycles. The van der Waals surface area contributed by atoms with E-state index in [-0.39, 0.29) is 6.04 Å². The number of aromatic nitrogens is 2. The summed E-state index contributed by atoms with van der Waals surface area (Å²) in [6, 6.07) is 2.08. The number of hydrogen-bond acceptors (Lipinski definition) is 5. The number of nitrogens with zero attached hydrogens (tertiary/aromatic N) is 3. The standard InChI is InChI=1S/C12H20N4O/c1-3-16(4-2)11-5-6-14-12(15-11)10-9-17-8-7-13-10/h5-6,10,13H,3-4,7-9H2,1-2H3.